The van der Waals surface area contributed by atoms with Crippen LogP contribution in [0.5, 0.6) is 0 Å². The highest BCUT2D eigenvalue weighted by Gasteiger charge is 2.29. The Hall–Kier alpha value is -2.03. The van der Waals surface area contributed by atoms with Crippen molar-refractivity contribution in [2.24, 2.45) is 0 Å². The van der Waals surface area contributed by atoms with Gasteiger partial charge < -0.3 is 0 Å². The summed E-state index contributed by atoms with van der Waals surface area (Å²) < 4.78 is 37.3. The molecule has 104 valence electrons. The van der Waals surface area contributed by atoms with E-state index < -0.39 is 11.7 Å². The van der Waals surface area contributed by atoms with Crippen LogP contribution in [0.1, 0.15) is 29.2 Å². The van der Waals surface area contributed by atoms with Crippen molar-refractivity contribution in [1.29, 1.82) is 0 Å². The van der Waals surface area contributed by atoms with Crippen LogP contribution in [0.4, 0.5) is 13.2 Å². The van der Waals surface area contributed by atoms with Crippen molar-refractivity contribution in [3.8, 4) is 0 Å². The molecular formula is C17H15F3. The minimum atomic E-state index is -4.28. The van der Waals surface area contributed by atoms with Crippen LogP contribution in [0, 0.1) is 0 Å². The zero-order chi connectivity index (χ0) is 14.6. The normalized spacial score (nSPS) is 12.0. The Labute approximate surface area is 116 Å². The highest BCUT2D eigenvalue weighted by Crippen LogP contribution is 2.29. The summed E-state index contributed by atoms with van der Waals surface area (Å²) in [6.45, 7) is 2.09. The standard InChI is InChI=1S/C17H15F3/c1-2-13-3-5-14(6-4-13)7-8-15-9-11-16(12-10-15)17(18,19)20/h3-12H,2H2,1H3. The van der Waals surface area contributed by atoms with E-state index in [0.29, 0.717) is 0 Å². The first-order valence-corrected chi connectivity index (χ1v) is 6.43. The van der Waals surface area contributed by atoms with E-state index >= 15 is 0 Å². The van der Waals surface area contributed by atoms with Gasteiger partial charge in [-0.15, -0.1) is 0 Å². The molecule has 2 rings (SSSR count). The second kappa shape index (κ2) is 5.95. The lowest BCUT2D eigenvalue weighted by atomic mass is 10.1. The van der Waals surface area contributed by atoms with Gasteiger partial charge in [-0.05, 0) is 35.2 Å². The average Bonchev–Trinajstić information content (AvgIpc) is 2.45. The van der Waals surface area contributed by atoms with Crippen molar-refractivity contribution in [2.45, 2.75) is 19.5 Å². The van der Waals surface area contributed by atoms with Crippen molar-refractivity contribution in [3.05, 3.63) is 70.8 Å². The maximum atomic E-state index is 12.4. The number of rotatable bonds is 3. The van der Waals surface area contributed by atoms with Crippen LogP contribution in [-0.4, -0.2) is 0 Å². The molecule has 0 atom stereocenters. The number of benzene rings is 2. The zero-order valence-corrected chi connectivity index (χ0v) is 11.1. The van der Waals surface area contributed by atoms with Gasteiger partial charge in [-0.3, -0.25) is 0 Å². The van der Waals surface area contributed by atoms with E-state index in [1.54, 1.807) is 6.08 Å². The molecule has 2 aromatic carbocycles. The van der Waals surface area contributed by atoms with Gasteiger partial charge in [0.2, 0.25) is 0 Å². The Bertz CT molecular complexity index is 575. The maximum Gasteiger partial charge on any atom is 0.416 e. The molecular weight excluding hydrogens is 261 g/mol. The Morgan fingerprint density at radius 3 is 1.65 bits per heavy atom. The molecule has 0 saturated carbocycles. The van der Waals surface area contributed by atoms with Gasteiger partial charge in [0.25, 0.3) is 0 Å². The van der Waals surface area contributed by atoms with Gasteiger partial charge >= 0.3 is 6.18 Å². The minimum Gasteiger partial charge on any atom is -0.166 e. The second-order valence-electron chi connectivity index (χ2n) is 4.55. The SMILES string of the molecule is CCc1ccc(C=Cc2ccc(C(F)(F)F)cc2)cc1. The van der Waals surface area contributed by atoms with Crippen LogP contribution in [0.15, 0.2) is 48.5 Å². The third kappa shape index (κ3) is 3.73. The van der Waals surface area contributed by atoms with Crippen LogP contribution in [-0.2, 0) is 12.6 Å². The van der Waals surface area contributed by atoms with Gasteiger partial charge in [0, 0.05) is 0 Å². The van der Waals surface area contributed by atoms with Crippen LogP contribution < -0.4 is 0 Å². The summed E-state index contributed by atoms with van der Waals surface area (Å²) in [6.07, 6.45) is 0.407. The van der Waals surface area contributed by atoms with E-state index in [9.17, 15) is 13.2 Å². The molecule has 3 heteroatoms. The number of hydrogen-bond donors (Lipinski definition) is 0. The fraction of sp³-hybridized carbons (Fsp3) is 0.176. The van der Waals surface area contributed by atoms with Gasteiger partial charge in [0.05, 0.1) is 5.56 Å². The highest BCUT2D eigenvalue weighted by molar-refractivity contribution is 5.69. The quantitative estimate of drug-likeness (QED) is 0.655. The third-order valence-corrected chi connectivity index (χ3v) is 3.09. The van der Waals surface area contributed by atoms with Crippen molar-refractivity contribution in [2.75, 3.05) is 0 Å². The molecule has 0 aliphatic rings. The van der Waals surface area contributed by atoms with Gasteiger partial charge in [0.15, 0.2) is 0 Å². The summed E-state index contributed by atoms with van der Waals surface area (Å²) in [4.78, 5) is 0. The molecule has 0 radical (unpaired) electrons. The summed E-state index contributed by atoms with van der Waals surface area (Å²) >= 11 is 0. The lowest BCUT2D eigenvalue weighted by Crippen LogP contribution is -2.03. The van der Waals surface area contributed by atoms with E-state index in [-0.39, 0.29) is 0 Å². The summed E-state index contributed by atoms with van der Waals surface area (Å²) in [5.41, 5.74) is 2.42. The lowest BCUT2D eigenvalue weighted by molar-refractivity contribution is -0.137. The molecule has 0 nitrogen and oxygen atoms in total. The third-order valence-electron chi connectivity index (χ3n) is 3.09. The average molecular weight is 276 g/mol. The Balaban J connectivity index is 2.10. The summed E-state index contributed by atoms with van der Waals surface area (Å²) in [5.74, 6) is 0. The van der Waals surface area contributed by atoms with Crippen molar-refractivity contribution < 1.29 is 13.2 Å². The van der Waals surface area contributed by atoms with Crippen molar-refractivity contribution in [1.82, 2.24) is 0 Å². The van der Waals surface area contributed by atoms with Crippen LogP contribution in [0.25, 0.3) is 12.2 Å². The fourth-order valence-corrected chi connectivity index (χ4v) is 1.84. The molecule has 0 fully saturated rings. The predicted octanol–water partition coefficient (Wildman–Crippen LogP) is 5.44. The predicted molar refractivity (Wildman–Crippen MR) is 76.2 cm³/mol. The zero-order valence-electron chi connectivity index (χ0n) is 11.1. The highest BCUT2D eigenvalue weighted by atomic mass is 19.4. The van der Waals surface area contributed by atoms with Gasteiger partial charge in [0.1, 0.15) is 0 Å². The monoisotopic (exact) mass is 276 g/mol. The Morgan fingerprint density at radius 1 is 0.800 bits per heavy atom. The van der Waals surface area contributed by atoms with E-state index in [2.05, 4.69) is 6.92 Å². The lowest BCUT2D eigenvalue weighted by Gasteiger charge is -2.05. The second-order valence-corrected chi connectivity index (χ2v) is 4.55. The maximum absolute atomic E-state index is 12.4. The Morgan fingerprint density at radius 2 is 1.25 bits per heavy atom. The van der Waals surface area contributed by atoms with Crippen molar-refractivity contribution in [3.63, 3.8) is 0 Å². The van der Waals surface area contributed by atoms with Crippen molar-refractivity contribution >= 4 is 12.2 Å². The molecule has 0 aliphatic heterocycles. The molecule has 0 N–H and O–H groups in total. The molecule has 0 amide bonds. The van der Waals surface area contributed by atoms with Gasteiger partial charge in [-0.25, -0.2) is 0 Å². The van der Waals surface area contributed by atoms with Crippen LogP contribution >= 0.6 is 0 Å². The first-order valence-electron chi connectivity index (χ1n) is 6.43. The van der Waals surface area contributed by atoms with E-state index in [0.717, 1.165) is 29.7 Å². The van der Waals surface area contributed by atoms with Crippen LogP contribution in [0.3, 0.4) is 0 Å². The topological polar surface area (TPSA) is 0 Å². The number of aryl methyl sites for hydroxylation is 1. The van der Waals surface area contributed by atoms with E-state index in [1.165, 1.54) is 17.7 Å². The van der Waals surface area contributed by atoms with Gasteiger partial charge in [-0.1, -0.05) is 55.5 Å². The first kappa shape index (κ1) is 14.4. The molecule has 2 aromatic rings. The first-order chi connectivity index (χ1) is 9.49. The molecule has 0 aromatic heterocycles. The summed E-state index contributed by atoms with van der Waals surface area (Å²) in [5, 5.41) is 0. The molecule has 0 bridgehead atoms. The number of alkyl halides is 3. The molecule has 0 saturated heterocycles. The number of hydrogen-bond acceptors (Lipinski definition) is 0. The molecule has 0 spiro atoms. The van der Waals surface area contributed by atoms with Crippen LogP contribution in [0.2, 0.25) is 0 Å². The molecule has 20 heavy (non-hydrogen) atoms. The smallest absolute Gasteiger partial charge is 0.166 e. The molecule has 0 heterocycles. The number of halogens is 3. The molecule has 0 aliphatic carbocycles. The van der Waals surface area contributed by atoms with Gasteiger partial charge in [-0.2, -0.15) is 13.2 Å². The fourth-order valence-electron chi connectivity index (χ4n) is 1.84. The Kier molecular flexibility index (Phi) is 4.28. The molecule has 0 unspecified atom stereocenters. The van der Waals surface area contributed by atoms with E-state index in [4.69, 9.17) is 0 Å². The largest absolute Gasteiger partial charge is 0.416 e. The summed E-state index contributed by atoms with van der Waals surface area (Å²) in [7, 11) is 0. The van der Waals surface area contributed by atoms with E-state index in [1.807, 2.05) is 30.3 Å². The minimum absolute atomic E-state index is 0.623. The summed E-state index contributed by atoms with van der Waals surface area (Å²) in [6, 6.07) is 13.2.